The molecule has 5 rings (SSSR count). The van der Waals surface area contributed by atoms with Crippen molar-refractivity contribution >= 4 is 0 Å². The Morgan fingerprint density at radius 2 is 0.667 bits per heavy atom. The Bertz CT molecular complexity index is 1200. The molecule has 5 aromatic carbocycles. The van der Waals surface area contributed by atoms with E-state index in [0.29, 0.717) is 0 Å². The van der Waals surface area contributed by atoms with Gasteiger partial charge in [-0.2, -0.15) is 0 Å². The predicted octanol–water partition coefficient (Wildman–Crippen LogP) is 8.06. The zero-order valence-electron chi connectivity index (χ0n) is 20.7. The standard InChI is InChI=1S/C34H30O2/c1-35-31-24-32(36-2)30(34(27-19-11-5-12-20-27)28-21-13-6-14-22-28)23-29(31)33(25-15-7-3-8-16-25)26-17-9-4-10-18-26/h3-24,33-34H,1-2H3. The highest BCUT2D eigenvalue weighted by atomic mass is 16.5. The van der Waals surface area contributed by atoms with Crippen LogP contribution in [0.1, 0.15) is 45.2 Å². The molecule has 2 nitrogen and oxygen atoms in total. The summed E-state index contributed by atoms with van der Waals surface area (Å²) in [7, 11) is 3.47. The van der Waals surface area contributed by atoms with E-state index in [2.05, 4.69) is 127 Å². The van der Waals surface area contributed by atoms with Gasteiger partial charge in [-0.3, -0.25) is 0 Å². The molecule has 0 bridgehead atoms. The van der Waals surface area contributed by atoms with Crippen LogP contribution in [0.15, 0.2) is 133 Å². The van der Waals surface area contributed by atoms with Gasteiger partial charge in [0.2, 0.25) is 0 Å². The Balaban J connectivity index is 1.78. The first-order valence-electron chi connectivity index (χ1n) is 12.3. The van der Waals surface area contributed by atoms with Crippen molar-refractivity contribution < 1.29 is 9.47 Å². The second-order valence-electron chi connectivity index (χ2n) is 8.84. The normalized spacial score (nSPS) is 11.0. The van der Waals surface area contributed by atoms with Gasteiger partial charge in [0.1, 0.15) is 11.5 Å². The van der Waals surface area contributed by atoms with Gasteiger partial charge in [0.15, 0.2) is 0 Å². The molecule has 0 aliphatic carbocycles. The zero-order chi connectivity index (χ0) is 24.7. The second kappa shape index (κ2) is 11.0. The van der Waals surface area contributed by atoms with E-state index < -0.39 is 0 Å². The van der Waals surface area contributed by atoms with E-state index in [9.17, 15) is 0 Å². The molecular weight excluding hydrogens is 440 g/mol. The van der Waals surface area contributed by atoms with Crippen LogP contribution >= 0.6 is 0 Å². The van der Waals surface area contributed by atoms with Crippen molar-refractivity contribution in [2.24, 2.45) is 0 Å². The topological polar surface area (TPSA) is 18.5 Å². The molecule has 0 spiro atoms. The van der Waals surface area contributed by atoms with Crippen LogP contribution in [-0.4, -0.2) is 14.2 Å². The largest absolute Gasteiger partial charge is 0.496 e. The van der Waals surface area contributed by atoms with Gasteiger partial charge in [-0.25, -0.2) is 0 Å². The third kappa shape index (κ3) is 4.76. The minimum atomic E-state index is 0.0132. The zero-order valence-corrected chi connectivity index (χ0v) is 20.7. The maximum Gasteiger partial charge on any atom is 0.126 e. The van der Waals surface area contributed by atoms with Gasteiger partial charge in [-0.15, -0.1) is 0 Å². The molecule has 0 fully saturated rings. The number of hydrogen-bond acceptors (Lipinski definition) is 2. The smallest absolute Gasteiger partial charge is 0.126 e. The number of rotatable bonds is 8. The summed E-state index contributed by atoms with van der Waals surface area (Å²) in [5.74, 6) is 1.65. The van der Waals surface area contributed by atoms with Crippen LogP contribution in [-0.2, 0) is 0 Å². The van der Waals surface area contributed by atoms with Crippen molar-refractivity contribution in [2.75, 3.05) is 14.2 Å². The molecule has 2 heteroatoms. The highest BCUT2D eigenvalue weighted by Crippen LogP contribution is 2.45. The van der Waals surface area contributed by atoms with E-state index in [1.807, 2.05) is 6.07 Å². The third-order valence-electron chi connectivity index (χ3n) is 6.74. The van der Waals surface area contributed by atoms with E-state index in [-0.39, 0.29) is 11.8 Å². The molecule has 0 aliphatic heterocycles. The maximum atomic E-state index is 5.98. The molecule has 36 heavy (non-hydrogen) atoms. The van der Waals surface area contributed by atoms with Crippen molar-refractivity contribution in [1.29, 1.82) is 0 Å². The molecule has 0 heterocycles. The van der Waals surface area contributed by atoms with Crippen molar-refractivity contribution in [3.8, 4) is 11.5 Å². The van der Waals surface area contributed by atoms with Gasteiger partial charge in [0.25, 0.3) is 0 Å². The van der Waals surface area contributed by atoms with Gasteiger partial charge in [-0.1, -0.05) is 121 Å². The fourth-order valence-electron chi connectivity index (χ4n) is 5.09. The Hall–Kier alpha value is -4.30. The molecule has 0 atom stereocenters. The predicted molar refractivity (Wildman–Crippen MR) is 147 cm³/mol. The molecule has 0 saturated carbocycles. The monoisotopic (exact) mass is 470 g/mol. The van der Waals surface area contributed by atoms with Crippen LogP contribution < -0.4 is 9.47 Å². The highest BCUT2D eigenvalue weighted by molar-refractivity contribution is 5.58. The van der Waals surface area contributed by atoms with Crippen molar-refractivity contribution in [1.82, 2.24) is 0 Å². The summed E-state index contributed by atoms with van der Waals surface area (Å²) >= 11 is 0. The molecule has 0 N–H and O–H groups in total. The molecule has 0 aliphatic rings. The Labute approximate surface area is 213 Å². The van der Waals surface area contributed by atoms with Crippen LogP contribution in [0.2, 0.25) is 0 Å². The van der Waals surface area contributed by atoms with Crippen LogP contribution in [0, 0.1) is 0 Å². The Morgan fingerprint density at radius 3 is 0.917 bits per heavy atom. The lowest BCUT2D eigenvalue weighted by atomic mass is 9.79. The summed E-state index contributed by atoms with van der Waals surface area (Å²) in [5, 5.41) is 0. The first-order chi connectivity index (χ1) is 17.8. The number of benzene rings is 5. The first kappa shape index (κ1) is 23.4. The molecule has 0 unspecified atom stereocenters. The van der Waals surface area contributed by atoms with E-state index in [4.69, 9.17) is 9.47 Å². The quantitative estimate of drug-likeness (QED) is 0.214. The van der Waals surface area contributed by atoms with E-state index in [1.165, 1.54) is 22.3 Å². The van der Waals surface area contributed by atoms with Gasteiger partial charge < -0.3 is 9.47 Å². The van der Waals surface area contributed by atoms with Crippen LogP contribution in [0.3, 0.4) is 0 Å². The van der Waals surface area contributed by atoms with Gasteiger partial charge in [0.05, 0.1) is 14.2 Å². The minimum absolute atomic E-state index is 0.0132. The summed E-state index contributed by atoms with van der Waals surface area (Å²) in [6.45, 7) is 0. The molecule has 0 aromatic heterocycles. The lowest BCUT2D eigenvalue weighted by molar-refractivity contribution is 0.387. The van der Waals surface area contributed by atoms with Crippen LogP contribution in [0.25, 0.3) is 0 Å². The van der Waals surface area contributed by atoms with E-state index >= 15 is 0 Å². The number of ether oxygens (including phenoxy) is 2. The third-order valence-corrected chi connectivity index (χ3v) is 6.74. The minimum Gasteiger partial charge on any atom is -0.496 e. The van der Waals surface area contributed by atoms with Crippen molar-refractivity contribution in [3.63, 3.8) is 0 Å². The van der Waals surface area contributed by atoms with Gasteiger partial charge in [0, 0.05) is 29.0 Å². The molecule has 178 valence electrons. The van der Waals surface area contributed by atoms with Crippen LogP contribution in [0.4, 0.5) is 0 Å². The molecular formula is C34H30O2. The summed E-state index contributed by atoms with van der Waals surface area (Å²) < 4.78 is 12.0. The second-order valence-corrected chi connectivity index (χ2v) is 8.84. The van der Waals surface area contributed by atoms with Gasteiger partial charge in [-0.05, 0) is 28.3 Å². The molecule has 0 saturated heterocycles. The summed E-state index contributed by atoms with van der Waals surface area (Å²) in [6.07, 6.45) is 0. The average molecular weight is 471 g/mol. The SMILES string of the molecule is COc1cc(OC)c(C(c2ccccc2)c2ccccc2)cc1C(c1ccccc1)c1ccccc1. The molecule has 0 radical (unpaired) electrons. The van der Waals surface area contributed by atoms with Crippen molar-refractivity contribution in [3.05, 3.63) is 167 Å². The first-order valence-corrected chi connectivity index (χ1v) is 12.3. The fraction of sp³-hybridized carbons (Fsp3) is 0.118. The molecule has 5 aromatic rings. The number of hydrogen-bond donors (Lipinski definition) is 0. The maximum absolute atomic E-state index is 5.98. The lowest BCUT2D eigenvalue weighted by Gasteiger charge is -2.26. The van der Waals surface area contributed by atoms with Gasteiger partial charge >= 0.3 is 0 Å². The fourth-order valence-corrected chi connectivity index (χ4v) is 5.09. The number of methoxy groups -OCH3 is 2. The summed E-state index contributed by atoms with van der Waals surface area (Å²) in [6, 6.07) is 46.8. The van der Waals surface area contributed by atoms with E-state index in [1.54, 1.807) is 14.2 Å². The van der Waals surface area contributed by atoms with Crippen LogP contribution in [0.5, 0.6) is 11.5 Å². The van der Waals surface area contributed by atoms with Crippen molar-refractivity contribution in [2.45, 2.75) is 11.8 Å². The summed E-state index contributed by atoms with van der Waals surface area (Å²) in [5.41, 5.74) is 7.09. The Kier molecular flexibility index (Phi) is 7.14. The average Bonchev–Trinajstić information content (AvgIpc) is 2.96. The summed E-state index contributed by atoms with van der Waals surface area (Å²) in [4.78, 5) is 0. The lowest BCUT2D eigenvalue weighted by Crippen LogP contribution is -2.10. The van der Waals surface area contributed by atoms with E-state index in [0.717, 1.165) is 22.6 Å². The molecule has 0 amide bonds. The highest BCUT2D eigenvalue weighted by Gasteiger charge is 2.27. The Morgan fingerprint density at radius 1 is 0.389 bits per heavy atom.